The molecule has 19 heavy (non-hydrogen) atoms. The molecule has 0 fully saturated rings. The van der Waals surface area contributed by atoms with Crippen molar-refractivity contribution in [3.8, 4) is 0 Å². The van der Waals surface area contributed by atoms with Crippen LogP contribution in [0.5, 0.6) is 0 Å². The molecule has 0 amide bonds. The molecular weight excluding hydrogens is 322 g/mol. The molecule has 0 saturated heterocycles. The van der Waals surface area contributed by atoms with E-state index in [1.807, 2.05) is 0 Å². The van der Waals surface area contributed by atoms with Crippen molar-refractivity contribution in [1.82, 2.24) is 0 Å². The van der Waals surface area contributed by atoms with Crippen molar-refractivity contribution < 1.29 is 23.1 Å². The summed E-state index contributed by atoms with van der Waals surface area (Å²) >= 11 is 3.10. The van der Waals surface area contributed by atoms with Gasteiger partial charge >= 0.3 is 5.97 Å². The minimum atomic E-state index is -2.71. The molecular formula is C13H13BrF2O3. The van der Waals surface area contributed by atoms with Crippen molar-refractivity contribution in [3.63, 3.8) is 0 Å². The Labute approximate surface area is 118 Å². The lowest BCUT2D eigenvalue weighted by atomic mass is 9.99. The topological polar surface area (TPSA) is 43.4 Å². The van der Waals surface area contributed by atoms with Gasteiger partial charge in [-0.1, -0.05) is 28.1 Å². The minimum Gasteiger partial charge on any atom is -0.462 e. The Morgan fingerprint density at radius 2 is 1.95 bits per heavy atom. The van der Waals surface area contributed by atoms with Gasteiger partial charge in [-0.2, -0.15) is 0 Å². The molecule has 1 aromatic carbocycles. The van der Waals surface area contributed by atoms with Gasteiger partial charge < -0.3 is 4.74 Å². The summed E-state index contributed by atoms with van der Waals surface area (Å²) in [5, 5.41) is 0. The van der Waals surface area contributed by atoms with Crippen LogP contribution in [0.25, 0.3) is 0 Å². The van der Waals surface area contributed by atoms with Gasteiger partial charge in [-0.15, -0.1) is 0 Å². The first-order chi connectivity index (χ1) is 8.88. The van der Waals surface area contributed by atoms with Crippen LogP contribution in [0.2, 0.25) is 0 Å². The highest BCUT2D eigenvalue weighted by Gasteiger charge is 2.23. The van der Waals surface area contributed by atoms with E-state index in [2.05, 4.69) is 15.9 Å². The van der Waals surface area contributed by atoms with Gasteiger partial charge in [-0.25, -0.2) is 13.6 Å². The van der Waals surface area contributed by atoms with Crippen molar-refractivity contribution in [2.45, 2.75) is 25.1 Å². The quantitative estimate of drug-likeness (QED) is 0.467. The van der Waals surface area contributed by atoms with Crippen molar-refractivity contribution in [2.24, 2.45) is 0 Å². The molecule has 6 heteroatoms. The molecule has 0 aliphatic heterocycles. The molecule has 0 bridgehead atoms. The molecule has 3 nitrogen and oxygen atoms in total. The molecule has 0 spiro atoms. The Balaban J connectivity index is 3.30. The zero-order valence-corrected chi connectivity index (χ0v) is 12.0. The van der Waals surface area contributed by atoms with Crippen LogP contribution in [0.1, 0.15) is 46.6 Å². The first-order valence-electron chi connectivity index (χ1n) is 5.66. The first kappa shape index (κ1) is 15.8. The van der Waals surface area contributed by atoms with E-state index in [0.717, 1.165) is 12.1 Å². The maximum Gasteiger partial charge on any atom is 0.338 e. The molecule has 1 atom stereocenters. The lowest BCUT2D eigenvalue weighted by Gasteiger charge is -2.11. The summed E-state index contributed by atoms with van der Waals surface area (Å²) in [4.78, 5) is 23.1. The van der Waals surface area contributed by atoms with Crippen LogP contribution in [0.4, 0.5) is 8.78 Å². The number of alkyl halides is 3. The summed E-state index contributed by atoms with van der Waals surface area (Å²) in [6.45, 7) is 3.30. The Morgan fingerprint density at radius 3 is 2.42 bits per heavy atom. The normalized spacial score (nSPS) is 12.3. The number of carbonyl (C=O) groups is 2. The largest absolute Gasteiger partial charge is 0.462 e. The molecule has 104 valence electrons. The summed E-state index contributed by atoms with van der Waals surface area (Å²) in [5.41, 5.74) is -0.370. The Morgan fingerprint density at radius 1 is 1.32 bits per heavy atom. The van der Waals surface area contributed by atoms with Gasteiger partial charge in [-0.3, -0.25) is 4.79 Å². The summed E-state index contributed by atoms with van der Waals surface area (Å²) in [7, 11) is 0. The third-order valence-electron chi connectivity index (χ3n) is 2.42. The Hall–Kier alpha value is -1.30. The van der Waals surface area contributed by atoms with Crippen LogP contribution in [-0.2, 0) is 4.74 Å². The second-order valence-corrected chi connectivity index (χ2v) is 5.18. The zero-order chi connectivity index (χ0) is 14.6. The fourth-order valence-corrected chi connectivity index (χ4v) is 1.75. The van der Waals surface area contributed by atoms with Crippen LogP contribution in [0.3, 0.4) is 0 Å². The lowest BCUT2D eigenvalue weighted by Crippen LogP contribution is -2.17. The van der Waals surface area contributed by atoms with Crippen LogP contribution >= 0.6 is 15.9 Å². The number of Topliss-reactive ketones (excluding diaryl/α,β-unsaturated/α-hetero) is 1. The SMILES string of the molecule is CCOC(=O)c1cc(C(F)F)ccc1C(=O)C(C)Br. The summed E-state index contributed by atoms with van der Waals surface area (Å²) in [6.07, 6.45) is -2.71. The monoisotopic (exact) mass is 334 g/mol. The molecule has 0 saturated carbocycles. The fraction of sp³-hybridized carbons (Fsp3) is 0.385. The van der Waals surface area contributed by atoms with E-state index in [4.69, 9.17) is 4.74 Å². The summed E-state index contributed by atoms with van der Waals surface area (Å²) in [5.74, 6) is -1.13. The van der Waals surface area contributed by atoms with Gasteiger partial charge in [0.05, 0.1) is 17.0 Å². The van der Waals surface area contributed by atoms with Crippen LogP contribution in [0, 0.1) is 0 Å². The van der Waals surface area contributed by atoms with Crippen LogP contribution in [0.15, 0.2) is 18.2 Å². The van der Waals surface area contributed by atoms with Crippen molar-refractivity contribution in [2.75, 3.05) is 6.61 Å². The maximum absolute atomic E-state index is 12.6. The molecule has 0 radical (unpaired) electrons. The number of ether oxygens (including phenoxy) is 1. The van der Waals surface area contributed by atoms with E-state index in [1.165, 1.54) is 6.07 Å². The predicted molar refractivity (Wildman–Crippen MR) is 70.1 cm³/mol. The van der Waals surface area contributed by atoms with Gasteiger partial charge in [0.1, 0.15) is 0 Å². The van der Waals surface area contributed by atoms with Crippen molar-refractivity contribution in [3.05, 3.63) is 34.9 Å². The van der Waals surface area contributed by atoms with E-state index in [-0.39, 0.29) is 29.1 Å². The van der Waals surface area contributed by atoms with Crippen molar-refractivity contribution in [1.29, 1.82) is 0 Å². The highest BCUT2D eigenvalue weighted by Crippen LogP contribution is 2.24. The maximum atomic E-state index is 12.6. The number of benzene rings is 1. The summed E-state index contributed by atoms with van der Waals surface area (Å²) < 4.78 is 30.1. The Bertz CT molecular complexity index is 487. The molecule has 1 unspecified atom stereocenters. The zero-order valence-electron chi connectivity index (χ0n) is 10.5. The molecule has 0 N–H and O–H groups in total. The number of rotatable bonds is 5. The van der Waals surface area contributed by atoms with Gasteiger partial charge in [0.25, 0.3) is 6.43 Å². The molecule has 0 heterocycles. The van der Waals surface area contributed by atoms with Gasteiger partial charge in [-0.05, 0) is 19.9 Å². The molecule has 0 aliphatic carbocycles. The highest BCUT2D eigenvalue weighted by molar-refractivity contribution is 9.10. The predicted octanol–water partition coefficient (Wildman–Crippen LogP) is 3.77. The smallest absolute Gasteiger partial charge is 0.338 e. The fourth-order valence-electron chi connectivity index (χ4n) is 1.50. The number of carbonyl (C=O) groups excluding carboxylic acids is 2. The van der Waals surface area contributed by atoms with Gasteiger partial charge in [0.15, 0.2) is 5.78 Å². The number of hydrogen-bond donors (Lipinski definition) is 0. The van der Waals surface area contributed by atoms with E-state index in [1.54, 1.807) is 13.8 Å². The lowest BCUT2D eigenvalue weighted by molar-refractivity contribution is 0.0522. The van der Waals surface area contributed by atoms with Gasteiger partial charge in [0, 0.05) is 11.1 Å². The molecule has 0 aromatic heterocycles. The Kier molecular flexibility index (Phi) is 5.60. The number of halogens is 3. The first-order valence-corrected chi connectivity index (χ1v) is 6.57. The molecule has 1 aromatic rings. The molecule has 0 aliphatic rings. The van der Waals surface area contributed by atoms with E-state index >= 15 is 0 Å². The average molecular weight is 335 g/mol. The minimum absolute atomic E-state index is 0.0761. The van der Waals surface area contributed by atoms with Crippen LogP contribution < -0.4 is 0 Å². The summed E-state index contributed by atoms with van der Waals surface area (Å²) in [6, 6.07) is 3.37. The highest BCUT2D eigenvalue weighted by atomic mass is 79.9. The third-order valence-corrected chi connectivity index (χ3v) is 2.83. The second kappa shape index (κ2) is 6.75. The van der Waals surface area contributed by atoms with Crippen molar-refractivity contribution >= 4 is 27.7 Å². The third kappa shape index (κ3) is 3.83. The standard InChI is InChI=1S/C13H13BrF2O3/c1-3-19-13(18)10-6-8(12(15)16)4-5-9(10)11(17)7(2)14/h4-7,12H,3H2,1-2H3. The average Bonchev–Trinajstić information content (AvgIpc) is 2.37. The number of hydrogen-bond acceptors (Lipinski definition) is 3. The van der Waals surface area contributed by atoms with E-state index in [0.29, 0.717) is 0 Å². The number of ketones is 1. The van der Waals surface area contributed by atoms with E-state index in [9.17, 15) is 18.4 Å². The van der Waals surface area contributed by atoms with Gasteiger partial charge in [0.2, 0.25) is 0 Å². The number of esters is 1. The van der Waals surface area contributed by atoms with E-state index < -0.39 is 17.2 Å². The van der Waals surface area contributed by atoms with Crippen LogP contribution in [-0.4, -0.2) is 23.2 Å². The second-order valence-electron chi connectivity index (χ2n) is 3.81. The molecule has 1 rings (SSSR count).